The van der Waals surface area contributed by atoms with Crippen molar-refractivity contribution >= 4 is 11.7 Å². The van der Waals surface area contributed by atoms with E-state index in [0.717, 1.165) is 48.3 Å². The largest absolute Gasteiger partial charge is 0.325 e. The molecule has 3 rings (SSSR count). The highest BCUT2D eigenvalue weighted by Gasteiger charge is 2.18. The molecule has 2 heterocycles. The van der Waals surface area contributed by atoms with Crippen LogP contribution >= 0.6 is 0 Å². The summed E-state index contributed by atoms with van der Waals surface area (Å²) in [4.78, 5) is 18.1. The fourth-order valence-corrected chi connectivity index (χ4v) is 2.60. The first-order valence-electron chi connectivity index (χ1n) is 7.31. The van der Waals surface area contributed by atoms with E-state index >= 15 is 0 Å². The summed E-state index contributed by atoms with van der Waals surface area (Å²) in [5.74, 6) is 0. The quantitative estimate of drug-likeness (QED) is 0.912. The highest BCUT2D eigenvalue weighted by molar-refractivity contribution is 5.91. The number of anilines is 1. The van der Waals surface area contributed by atoms with Gasteiger partial charge in [-0.05, 0) is 54.7 Å². The number of rotatable bonds is 2. The molecule has 1 saturated heterocycles. The smallest absolute Gasteiger partial charge is 0.321 e. The Labute approximate surface area is 124 Å². The predicted molar refractivity (Wildman–Crippen MR) is 84.2 cm³/mol. The summed E-state index contributed by atoms with van der Waals surface area (Å²) in [5.41, 5.74) is 4.13. The van der Waals surface area contributed by atoms with Gasteiger partial charge in [-0.2, -0.15) is 0 Å². The molecule has 0 saturated carbocycles. The lowest BCUT2D eigenvalue weighted by atomic mass is 10.0. The van der Waals surface area contributed by atoms with Gasteiger partial charge in [0.05, 0.1) is 0 Å². The number of likely N-dealkylation sites (tertiary alicyclic amines) is 1. The number of nitrogens with zero attached hydrogens (tertiary/aromatic N) is 2. The van der Waals surface area contributed by atoms with Gasteiger partial charge in [0.15, 0.2) is 0 Å². The molecule has 1 N–H and O–H groups in total. The normalized spacial score (nSPS) is 14.2. The molecule has 108 valence electrons. The maximum absolute atomic E-state index is 12.2. The fourth-order valence-electron chi connectivity index (χ4n) is 2.60. The van der Waals surface area contributed by atoms with E-state index in [9.17, 15) is 4.79 Å². The van der Waals surface area contributed by atoms with Gasteiger partial charge in [-0.25, -0.2) is 4.79 Å². The van der Waals surface area contributed by atoms with Crippen LogP contribution in [0.2, 0.25) is 0 Å². The van der Waals surface area contributed by atoms with Gasteiger partial charge in [0, 0.05) is 31.2 Å². The van der Waals surface area contributed by atoms with Gasteiger partial charge < -0.3 is 10.2 Å². The zero-order valence-corrected chi connectivity index (χ0v) is 12.2. The Morgan fingerprint density at radius 2 is 1.81 bits per heavy atom. The molecule has 4 nitrogen and oxygen atoms in total. The Balaban J connectivity index is 1.83. The molecule has 0 aliphatic carbocycles. The number of amides is 2. The Morgan fingerprint density at radius 1 is 1.10 bits per heavy atom. The van der Waals surface area contributed by atoms with Crippen molar-refractivity contribution < 1.29 is 4.79 Å². The van der Waals surface area contributed by atoms with Gasteiger partial charge in [0.25, 0.3) is 0 Å². The molecule has 0 atom stereocenters. The van der Waals surface area contributed by atoms with Crippen LogP contribution in [-0.4, -0.2) is 29.0 Å². The Hall–Kier alpha value is -2.36. The van der Waals surface area contributed by atoms with Crippen molar-refractivity contribution in [3.8, 4) is 11.1 Å². The molecular formula is C17H19N3O. The molecule has 1 fully saturated rings. The zero-order chi connectivity index (χ0) is 14.7. The summed E-state index contributed by atoms with van der Waals surface area (Å²) >= 11 is 0. The Bertz CT molecular complexity index is 634. The monoisotopic (exact) mass is 281 g/mol. The average Bonchev–Trinajstić information content (AvgIpc) is 3.05. The van der Waals surface area contributed by atoms with Crippen LogP contribution in [0.15, 0.2) is 42.7 Å². The van der Waals surface area contributed by atoms with Crippen molar-refractivity contribution in [1.29, 1.82) is 0 Å². The Morgan fingerprint density at radius 3 is 2.52 bits per heavy atom. The molecule has 2 aromatic rings. The second kappa shape index (κ2) is 5.95. The van der Waals surface area contributed by atoms with Gasteiger partial charge in [-0.15, -0.1) is 0 Å². The maximum Gasteiger partial charge on any atom is 0.321 e. The van der Waals surface area contributed by atoms with E-state index in [4.69, 9.17) is 0 Å². The fraction of sp³-hybridized carbons (Fsp3) is 0.294. The van der Waals surface area contributed by atoms with Gasteiger partial charge in [0.2, 0.25) is 0 Å². The van der Waals surface area contributed by atoms with E-state index in [1.54, 1.807) is 12.4 Å². The number of hydrogen-bond acceptors (Lipinski definition) is 2. The van der Waals surface area contributed by atoms with E-state index < -0.39 is 0 Å². The molecule has 1 aliphatic heterocycles. The van der Waals surface area contributed by atoms with Crippen LogP contribution in [0.3, 0.4) is 0 Å². The summed E-state index contributed by atoms with van der Waals surface area (Å²) in [6.07, 6.45) is 5.75. The standard InChI is InChI=1S/C17H19N3O/c1-13-4-5-15(14-6-8-18-9-7-14)12-16(13)19-17(21)20-10-2-3-11-20/h4-9,12H,2-3,10-11H2,1H3,(H,19,21). The topological polar surface area (TPSA) is 45.2 Å². The van der Waals surface area contributed by atoms with E-state index in [-0.39, 0.29) is 6.03 Å². The number of benzene rings is 1. The van der Waals surface area contributed by atoms with E-state index in [1.165, 1.54) is 0 Å². The number of pyridine rings is 1. The summed E-state index contributed by atoms with van der Waals surface area (Å²) < 4.78 is 0. The maximum atomic E-state index is 12.2. The molecule has 1 aromatic heterocycles. The molecule has 2 amide bonds. The second-order valence-electron chi connectivity index (χ2n) is 5.39. The number of nitrogens with one attached hydrogen (secondary N) is 1. The van der Waals surface area contributed by atoms with E-state index in [0.29, 0.717) is 0 Å². The van der Waals surface area contributed by atoms with Crippen molar-refractivity contribution in [2.24, 2.45) is 0 Å². The summed E-state index contributed by atoms with van der Waals surface area (Å²) in [7, 11) is 0. The molecule has 1 aliphatic rings. The third kappa shape index (κ3) is 3.05. The van der Waals surface area contributed by atoms with Gasteiger partial charge >= 0.3 is 6.03 Å². The van der Waals surface area contributed by atoms with Crippen LogP contribution in [0.25, 0.3) is 11.1 Å². The number of urea groups is 1. The number of aromatic nitrogens is 1. The number of carbonyl (C=O) groups is 1. The molecule has 21 heavy (non-hydrogen) atoms. The molecule has 0 radical (unpaired) electrons. The lowest BCUT2D eigenvalue weighted by molar-refractivity contribution is 0.222. The Kier molecular flexibility index (Phi) is 3.86. The first kappa shape index (κ1) is 13.6. The number of aryl methyl sites for hydroxylation is 1. The molecule has 4 heteroatoms. The predicted octanol–water partition coefficient (Wildman–Crippen LogP) is 3.68. The lowest BCUT2D eigenvalue weighted by Crippen LogP contribution is -2.32. The highest BCUT2D eigenvalue weighted by atomic mass is 16.2. The van der Waals surface area contributed by atoms with Crippen molar-refractivity contribution in [1.82, 2.24) is 9.88 Å². The third-order valence-corrected chi connectivity index (χ3v) is 3.89. The average molecular weight is 281 g/mol. The van der Waals surface area contributed by atoms with E-state index in [2.05, 4.69) is 16.4 Å². The summed E-state index contributed by atoms with van der Waals surface area (Å²) in [5, 5.41) is 3.03. The molecule has 0 bridgehead atoms. The molecule has 1 aromatic carbocycles. The number of carbonyl (C=O) groups excluding carboxylic acids is 1. The summed E-state index contributed by atoms with van der Waals surface area (Å²) in [6.45, 7) is 3.72. The van der Waals surface area contributed by atoms with Gasteiger partial charge in [-0.1, -0.05) is 12.1 Å². The zero-order valence-electron chi connectivity index (χ0n) is 12.2. The van der Waals surface area contributed by atoms with Crippen molar-refractivity contribution in [2.75, 3.05) is 18.4 Å². The van der Waals surface area contributed by atoms with Crippen LogP contribution in [0.5, 0.6) is 0 Å². The van der Waals surface area contributed by atoms with Crippen molar-refractivity contribution in [3.63, 3.8) is 0 Å². The second-order valence-corrected chi connectivity index (χ2v) is 5.39. The van der Waals surface area contributed by atoms with Gasteiger partial charge in [-0.3, -0.25) is 4.98 Å². The summed E-state index contributed by atoms with van der Waals surface area (Å²) in [6, 6.07) is 10.1. The number of hydrogen-bond donors (Lipinski definition) is 1. The third-order valence-electron chi connectivity index (χ3n) is 3.89. The first-order chi connectivity index (χ1) is 10.2. The molecule has 0 unspecified atom stereocenters. The van der Waals surface area contributed by atoms with Crippen LogP contribution in [0.4, 0.5) is 10.5 Å². The molecule has 0 spiro atoms. The lowest BCUT2D eigenvalue weighted by Gasteiger charge is -2.18. The minimum atomic E-state index is 0.00229. The minimum absolute atomic E-state index is 0.00229. The van der Waals surface area contributed by atoms with Crippen LogP contribution < -0.4 is 5.32 Å². The van der Waals surface area contributed by atoms with E-state index in [1.807, 2.05) is 36.1 Å². The van der Waals surface area contributed by atoms with Crippen molar-refractivity contribution in [2.45, 2.75) is 19.8 Å². The van der Waals surface area contributed by atoms with Crippen molar-refractivity contribution in [3.05, 3.63) is 48.3 Å². The van der Waals surface area contributed by atoms with Crippen LogP contribution in [-0.2, 0) is 0 Å². The minimum Gasteiger partial charge on any atom is -0.325 e. The SMILES string of the molecule is Cc1ccc(-c2ccncc2)cc1NC(=O)N1CCCC1. The van der Waals surface area contributed by atoms with Crippen LogP contribution in [0, 0.1) is 6.92 Å². The first-order valence-corrected chi connectivity index (χ1v) is 7.31. The van der Waals surface area contributed by atoms with Crippen LogP contribution in [0.1, 0.15) is 18.4 Å². The highest BCUT2D eigenvalue weighted by Crippen LogP contribution is 2.25. The van der Waals surface area contributed by atoms with Gasteiger partial charge in [0.1, 0.15) is 0 Å². The molecular weight excluding hydrogens is 262 g/mol.